The molecular formula is C35H50N2O4. The van der Waals surface area contributed by atoms with Gasteiger partial charge in [-0.05, 0) is 90.9 Å². The first-order chi connectivity index (χ1) is 19.3. The molecule has 0 aromatic heterocycles. The number of nitrogens with zero attached hydrogens (tertiary/aromatic N) is 1. The van der Waals surface area contributed by atoms with Gasteiger partial charge in [-0.15, -0.1) is 0 Å². The number of amides is 1. The monoisotopic (exact) mass is 562 g/mol. The summed E-state index contributed by atoms with van der Waals surface area (Å²) in [6.45, 7) is 15.0. The fourth-order valence-corrected chi connectivity index (χ4v) is 10.2. The SMILES string of the molecule is CCC1CCC2(C)C(=CC(=O)C3C4CC(C)(C)CCC4(CCC(=O)NC4COC4)CCC32C)C1(C)C=C(C#N)C=O. The Morgan fingerprint density at radius 3 is 2.44 bits per heavy atom. The van der Waals surface area contributed by atoms with Crippen molar-refractivity contribution >= 4 is 18.0 Å². The number of ether oxygens (including phenoxy) is 1. The zero-order chi connectivity index (χ0) is 29.8. The van der Waals surface area contributed by atoms with Gasteiger partial charge in [-0.2, -0.15) is 5.26 Å². The molecule has 224 valence electrons. The molecule has 6 nitrogen and oxygen atoms in total. The molecule has 7 unspecified atom stereocenters. The fourth-order valence-electron chi connectivity index (χ4n) is 10.2. The highest BCUT2D eigenvalue weighted by Gasteiger charge is 2.67. The van der Waals surface area contributed by atoms with E-state index in [1.165, 1.54) is 0 Å². The molecule has 0 spiro atoms. The highest BCUT2D eigenvalue weighted by molar-refractivity contribution is 5.95. The number of nitrogens with one attached hydrogen (secondary N) is 1. The molecule has 4 fully saturated rings. The van der Waals surface area contributed by atoms with Gasteiger partial charge in [-0.25, -0.2) is 0 Å². The summed E-state index contributed by atoms with van der Waals surface area (Å²) in [5.74, 6) is 0.762. The largest absolute Gasteiger partial charge is 0.377 e. The lowest BCUT2D eigenvalue weighted by atomic mass is 9.35. The Morgan fingerprint density at radius 2 is 1.83 bits per heavy atom. The van der Waals surface area contributed by atoms with Crippen LogP contribution in [0.2, 0.25) is 0 Å². The maximum Gasteiger partial charge on any atom is 0.220 e. The molecular weight excluding hydrogens is 512 g/mol. The minimum atomic E-state index is -0.513. The minimum Gasteiger partial charge on any atom is -0.377 e. The van der Waals surface area contributed by atoms with E-state index in [1.807, 2.05) is 12.2 Å². The molecule has 0 radical (unpaired) electrons. The van der Waals surface area contributed by atoms with Crippen molar-refractivity contribution in [2.24, 2.45) is 44.8 Å². The van der Waals surface area contributed by atoms with Gasteiger partial charge in [0.15, 0.2) is 12.1 Å². The fraction of sp³-hybridized carbons (Fsp3) is 0.771. The maximum absolute atomic E-state index is 14.6. The third-order valence-corrected chi connectivity index (χ3v) is 13.0. The van der Waals surface area contributed by atoms with Crippen molar-refractivity contribution in [2.45, 2.75) is 112 Å². The van der Waals surface area contributed by atoms with Crippen molar-refractivity contribution in [3.05, 3.63) is 23.3 Å². The second kappa shape index (κ2) is 10.5. The van der Waals surface area contributed by atoms with Gasteiger partial charge < -0.3 is 10.1 Å². The van der Waals surface area contributed by atoms with Gasteiger partial charge in [0.1, 0.15) is 6.07 Å². The van der Waals surface area contributed by atoms with Crippen molar-refractivity contribution in [1.82, 2.24) is 5.32 Å². The standard InChI is InChI=1S/C35H50N2O4/c1-7-24-8-10-33(5)28(32(24,4)17-23(19-36)20-38)16-27(39)30-26-18-31(2,3)12-14-35(26,15-13-34(30,33)6)11-9-29(40)37-25-21-41-22-25/h16-17,20,24-26,30H,7-15,18,21-22H2,1-6H3,(H,37,40). The Balaban J connectivity index is 1.55. The zero-order valence-electron chi connectivity index (χ0n) is 26.1. The highest BCUT2D eigenvalue weighted by atomic mass is 16.5. The van der Waals surface area contributed by atoms with E-state index in [0.717, 1.165) is 63.4 Å². The van der Waals surface area contributed by atoms with Crippen molar-refractivity contribution in [3.63, 3.8) is 0 Å². The van der Waals surface area contributed by atoms with Gasteiger partial charge >= 0.3 is 0 Å². The molecule has 0 aromatic rings. The quantitative estimate of drug-likeness (QED) is 0.217. The zero-order valence-corrected chi connectivity index (χ0v) is 26.1. The molecule has 5 rings (SSSR count). The van der Waals surface area contributed by atoms with E-state index in [1.54, 1.807) is 0 Å². The summed E-state index contributed by atoms with van der Waals surface area (Å²) >= 11 is 0. The van der Waals surface area contributed by atoms with Crippen LogP contribution in [0.4, 0.5) is 0 Å². The van der Waals surface area contributed by atoms with E-state index >= 15 is 0 Å². The normalized spacial score (nSPS) is 42.0. The van der Waals surface area contributed by atoms with E-state index in [4.69, 9.17) is 4.74 Å². The van der Waals surface area contributed by atoms with Gasteiger partial charge in [-0.3, -0.25) is 14.4 Å². The summed E-state index contributed by atoms with van der Waals surface area (Å²) in [5.41, 5.74) is 0.502. The molecule has 0 bridgehead atoms. The molecule has 1 saturated heterocycles. The van der Waals surface area contributed by atoms with Crippen LogP contribution in [0.5, 0.6) is 0 Å². The van der Waals surface area contributed by atoms with Crippen LogP contribution in [0, 0.1) is 56.2 Å². The summed E-state index contributed by atoms with van der Waals surface area (Å²) in [5, 5.41) is 12.8. The summed E-state index contributed by atoms with van der Waals surface area (Å²) in [4.78, 5) is 39.2. The van der Waals surface area contributed by atoms with Gasteiger partial charge in [0, 0.05) is 17.8 Å². The highest BCUT2D eigenvalue weighted by Crippen LogP contribution is 2.73. The van der Waals surface area contributed by atoms with Gasteiger partial charge in [0.2, 0.25) is 5.91 Å². The van der Waals surface area contributed by atoms with E-state index in [9.17, 15) is 19.6 Å². The van der Waals surface area contributed by atoms with Crippen molar-refractivity contribution < 1.29 is 19.1 Å². The van der Waals surface area contributed by atoms with Gasteiger partial charge in [-0.1, -0.05) is 59.6 Å². The molecule has 1 aliphatic heterocycles. The third-order valence-electron chi connectivity index (χ3n) is 13.0. The Kier molecular flexibility index (Phi) is 7.72. The Labute approximate surface area is 246 Å². The van der Waals surface area contributed by atoms with Gasteiger partial charge in [0.05, 0.1) is 24.8 Å². The van der Waals surface area contributed by atoms with Crippen LogP contribution in [0.3, 0.4) is 0 Å². The topological polar surface area (TPSA) is 96.3 Å². The van der Waals surface area contributed by atoms with E-state index in [0.29, 0.717) is 25.9 Å². The number of hydrogen-bond donors (Lipinski definition) is 1. The van der Waals surface area contributed by atoms with Crippen LogP contribution in [-0.2, 0) is 19.1 Å². The first-order valence-electron chi connectivity index (χ1n) is 16.0. The molecule has 1 heterocycles. The summed E-state index contributed by atoms with van der Waals surface area (Å²) in [6, 6.07) is 2.23. The molecule has 1 amide bonds. The number of allylic oxidation sites excluding steroid dienone is 4. The first-order valence-corrected chi connectivity index (χ1v) is 16.0. The molecule has 3 saturated carbocycles. The number of carbonyl (C=O) groups is 3. The summed E-state index contributed by atoms with van der Waals surface area (Å²) in [6.07, 6.45) is 14.0. The molecule has 41 heavy (non-hydrogen) atoms. The number of fused-ring (bicyclic) bond motifs is 5. The number of rotatable bonds is 7. The smallest absolute Gasteiger partial charge is 0.220 e. The second-order valence-corrected chi connectivity index (χ2v) is 15.6. The van der Waals surface area contributed by atoms with E-state index in [-0.39, 0.29) is 62.7 Å². The van der Waals surface area contributed by atoms with Crippen LogP contribution in [-0.4, -0.2) is 37.2 Å². The Hall–Kier alpha value is -2.26. The minimum absolute atomic E-state index is 0.000163. The maximum atomic E-state index is 14.6. The van der Waals surface area contributed by atoms with Crippen LogP contribution in [0.25, 0.3) is 0 Å². The summed E-state index contributed by atoms with van der Waals surface area (Å²) < 4.78 is 5.24. The molecule has 0 aromatic carbocycles. The Morgan fingerprint density at radius 1 is 1.12 bits per heavy atom. The van der Waals surface area contributed by atoms with Crippen LogP contribution in [0.15, 0.2) is 23.3 Å². The number of carbonyl (C=O) groups excluding carboxylic acids is 3. The predicted octanol–water partition coefficient (Wildman–Crippen LogP) is 6.50. The van der Waals surface area contributed by atoms with E-state index in [2.05, 4.69) is 52.9 Å². The van der Waals surface area contributed by atoms with Crippen LogP contribution >= 0.6 is 0 Å². The lowest BCUT2D eigenvalue weighted by Gasteiger charge is -2.68. The first kappa shape index (κ1) is 30.2. The number of hydrogen-bond acceptors (Lipinski definition) is 5. The molecule has 7 atom stereocenters. The lowest BCUT2D eigenvalue weighted by Crippen LogP contribution is -2.63. The second-order valence-electron chi connectivity index (χ2n) is 15.6. The van der Waals surface area contributed by atoms with E-state index < -0.39 is 5.41 Å². The number of nitriles is 1. The molecule has 4 aliphatic carbocycles. The summed E-state index contributed by atoms with van der Waals surface area (Å²) in [7, 11) is 0. The molecule has 5 aliphatic rings. The van der Waals surface area contributed by atoms with Crippen molar-refractivity contribution in [3.8, 4) is 6.07 Å². The van der Waals surface area contributed by atoms with Crippen LogP contribution in [0.1, 0.15) is 106 Å². The average molecular weight is 563 g/mol. The number of ketones is 1. The molecule has 6 heteroatoms. The number of aldehydes is 1. The predicted molar refractivity (Wildman–Crippen MR) is 158 cm³/mol. The van der Waals surface area contributed by atoms with Gasteiger partial charge in [0.25, 0.3) is 0 Å². The third kappa shape index (κ3) is 4.75. The van der Waals surface area contributed by atoms with Crippen molar-refractivity contribution in [1.29, 1.82) is 5.26 Å². The van der Waals surface area contributed by atoms with Crippen molar-refractivity contribution in [2.75, 3.05) is 13.2 Å². The van der Waals surface area contributed by atoms with Crippen LogP contribution < -0.4 is 5.32 Å². The Bertz CT molecular complexity index is 1210. The lowest BCUT2D eigenvalue weighted by molar-refractivity contribution is -0.170. The molecule has 1 N–H and O–H groups in total. The average Bonchev–Trinajstić information content (AvgIpc) is 2.90.